The summed E-state index contributed by atoms with van der Waals surface area (Å²) >= 11 is 0. The highest BCUT2D eigenvalue weighted by Gasteiger charge is 2.24. The van der Waals surface area contributed by atoms with E-state index in [9.17, 15) is 4.39 Å². The van der Waals surface area contributed by atoms with E-state index < -0.39 is 11.6 Å². The molecule has 0 radical (unpaired) electrons. The first-order valence-electron chi connectivity index (χ1n) is 16.5. The van der Waals surface area contributed by atoms with Gasteiger partial charge in [0.2, 0.25) is 0 Å². The van der Waals surface area contributed by atoms with E-state index in [1.54, 1.807) is 48.5 Å². The topological polar surface area (TPSA) is 9.23 Å². The van der Waals surface area contributed by atoms with Crippen LogP contribution in [0.3, 0.4) is 0 Å². The molecule has 1 aliphatic heterocycles. The second kappa shape index (κ2) is 16.9. The number of halogens is 3. The summed E-state index contributed by atoms with van der Waals surface area (Å²) in [5, 5.41) is 0. The van der Waals surface area contributed by atoms with Crippen molar-refractivity contribution in [3.05, 3.63) is 83.2 Å². The van der Waals surface area contributed by atoms with Crippen LogP contribution in [0.25, 0.3) is 22.3 Å². The van der Waals surface area contributed by atoms with E-state index in [2.05, 4.69) is 13.8 Å². The van der Waals surface area contributed by atoms with Gasteiger partial charge in [-0.1, -0.05) is 127 Å². The SMILES string of the molecule is CCCCCCCCc1ccc(-c2ccc(-c3ccc(C4CCC(CCCCCCC)CO4)cc3F)cc2)c(F)c1F. The van der Waals surface area contributed by atoms with E-state index in [1.165, 1.54) is 57.8 Å². The zero-order valence-corrected chi connectivity index (χ0v) is 25.7. The van der Waals surface area contributed by atoms with Crippen LogP contribution in [0.1, 0.15) is 121 Å². The number of benzene rings is 3. The maximum Gasteiger partial charge on any atom is 0.166 e. The van der Waals surface area contributed by atoms with Gasteiger partial charge < -0.3 is 4.74 Å². The Balaban J connectivity index is 1.33. The third-order valence-electron chi connectivity index (χ3n) is 8.92. The number of aryl methyl sites for hydroxylation is 1. The Kier molecular flexibility index (Phi) is 13.0. The van der Waals surface area contributed by atoms with Gasteiger partial charge in [-0.25, -0.2) is 13.2 Å². The molecule has 0 amide bonds. The van der Waals surface area contributed by atoms with E-state index in [0.29, 0.717) is 34.6 Å². The molecule has 1 nitrogen and oxygen atoms in total. The van der Waals surface area contributed by atoms with Crippen LogP contribution in [0.4, 0.5) is 13.2 Å². The van der Waals surface area contributed by atoms with Crippen molar-refractivity contribution in [1.82, 2.24) is 0 Å². The molecule has 0 bridgehead atoms. The fraction of sp³-hybridized carbons (Fsp3) is 0.526. The summed E-state index contributed by atoms with van der Waals surface area (Å²) in [6.45, 7) is 5.17. The zero-order valence-electron chi connectivity index (χ0n) is 25.7. The number of ether oxygens (including phenoxy) is 1. The fourth-order valence-electron chi connectivity index (χ4n) is 6.23. The summed E-state index contributed by atoms with van der Waals surface area (Å²) in [4.78, 5) is 0. The Morgan fingerprint density at radius 1 is 0.643 bits per heavy atom. The van der Waals surface area contributed by atoms with Crippen LogP contribution in [-0.2, 0) is 11.2 Å². The Bertz CT molecular complexity index is 1230. The molecule has 4 rings (SSSR count). The highest BCUT2D eigenvalue weighted by Crippen LogP contribution is 2.35. The fourth-order valence-corrected chi connectivity index (χ4v) is 6.23. The first-order chi connectivity index (χ1) is 20.5. The quantitative estimate of drug-likeness (QED) is 0.154. The van der Waals surface area contributed by atoms with Crippen LogP contribution >= 0.6 is 0 Å². The van der Waals surface area contributed by atoms with Crippen molar-refractivity contribution in [2.45, 2.75) is 116 Å². The minimum Gasteiger partial charge on any atom is -0.373 e. The summed E-state index contributed by atoms with van der Waals surface area (Å²) < 4.78 is 51.3. The van der Waals surface area contributed by atoms with E-state index >= 15 is 8.78 Å². The van der Waals surface area contributed by atoms with Crippen molar-refractivity contribution in [3.8, 4) is 22.3 Å². The summed E-state index contributed by atoms with van der Waals surface area (Å²) in [6, 6.07) is 15.7. The lowest BCUT2D eigenvalue weighted by atomic mass is 9.90. The lowest BCUT2D eigenvalue weighted by Gasteiger charge is -2.29. The number of unbranched alkanes of at least 4 members (excludes halogenated alkanes) is 9. The van der Waals surface area contributed by atoms with Gasteiger partial charge in [-0.15, -0.1) is 0 Å². The number of rotatable bonds is 16. The average molecular weight is 579 g/mol. The highest BCUT2D eigenvalue weighted by atomic mass is 19.2. The van der Waals surface area contributed by atoms with Gasteiger partial charge in [-0.3, -0.25) is 0 Å². The van der Waals surface area contributed by atoms with Crippen molar-refractivity contribution < 1.29 is 17.9 Å². The molecule has 2 unspecified atom stereocenters. The van der Waals surface area contributed by atoms with Crippen molar-refractivity contribution >= 4 is 0 Å². The largest absolute Gasteiger partial charge is 0.373 e. The maximum absolute atomic E-state index is 15.2. The first kappa shape index (κ1) is 32.3. The summed E-state index contributed by atoms with van der Waals surface area (Å²) in [7, 11) is 0. The van der Waals surface area contributed by atoms with Crippen molar-refractivity contribution in [3.63, 3.8) is 0 Å². The van der Waals surface area contributed by atoms with Gasteiger partial charge in [-0.05, 0) is 66.3 Å². The molecule has 0 spiro atoms. The molecule has 0 aliphatic carbocycles. The van der Waals surface area contributed by atoms with Crippen molar-refractivity contribution in [2.24, 2.45) is 5.92 Å². The molecule has 4 heteroatoms. The lowest BCUT2D eigenvalue weighted by molar-refractivity contribution is -0.0200. The molecular weight excluding hydrogens is 529 g/mol. The first-order valence-corrected chi connectivity index (χ1v) is 16.5. The van der Waals surface area contributed by atoms with E-state index in [1.807, 2.05) is 6.07 Å². The standard InChI is InChI=1S/C38H49F3O/c1-3-5-7-9-11-13-15-31-21-24-34(38(41)37(31)40)30-19-17-29(18-20-30)33-23-22-32(26-35(33)39)36-25-16-28(27-42-36)14-12-10-8-6-4-2/h17-24,26,28,36H,3-16,25,27H2,1-2H3. The Morgan fingerprint density at radius 2 is 1.26 bits per heavy atom. The second-order valence-electron chi connectivity index (χ2n) is 12.2. The lowest BCUT2D eigenvalue weighted by Crippen LogP contribution is -2.20. The molecule has 3 aromatic carbocycles. The van der Waals surface area contributed by atoms with Gasteiger partial charge in [0.05, 0.1) is 12.7 Å². The molecule has 2 atom stereocenters. The van der Waals surface area contributed by atoms with Crippen molar-refractivity contribution in [2.75, 3.05) is 6.61 Å². The normalized spacial score (nSPS) is 17.1. The number of hydrogen-bond acceptors (Lipinski definition) is 1. The van der Waals surface area contributed by atoms with Gasteiger partial charge in [0.15, 0.2) is 11.6 Å². The molecule has 42 heavy (non-hydrogen) atoms. The molecular formula is C38H49F3O. The molecule has 0 saturated carbocycles. The van der Waals surface area contributed by atoms with Gasteiger partial charge in [-0.2, -0.15) is 0 Å². The Hall–Kier alpha value is -2.59. The predicted octanol–water partition coefficient (Wildman–Crippen LogP) is 12.2. The summed E-state index contributed by atoms with van der Waals surface area (Å²) in [6.07, 6.45) is 16.9. The number of hydrogen-bond donors (Lipinski definition) is 0. The zero-order chi connectivity index (χ0) is 29.7. The minimum atomic E-state index is -0.812. The molecule has 1 aliphatic rings. The molecule has 0 aromatic heterocycles. The summed E-state index contributed by atoms with van der Waals surface area (Å²) in [5.74, 6) is -1.25. The molecule has 1 saturated heterocycles. The van der Waals surface area contributed by atoms with Crippen molar-refractivity contribution in [1.29, 1.82) is 0 Å². The average Bonchev–Trinajstić information content (AvgIpc) is 3.01. The molecule has 1 heterocycles. The monoisotopic (exact) mass is 578 g/mol. The van der Waals surface area contributed by atoms with Crippen LogP contribution in [0.5, 0.6) is 0 Å². The Morgan fingerprint density at radius 3 is 1.90 bits per heavy atom. The summed E-state index contributed by atoms with van der Waals surface area (Å²) in [5.41, 5.74) is 3.32. The molecule has 3 aromatic rings. The van der Waals surface area contributed by atoms with E-state index in [4.69, 9.17) is 4.74 Å². The molecule has 1 fully saturated rings. The van der Waals surface area contributed by atoms with Crippen LogP contribution in [0.15, 0.2) is 54.6 Å². The molecule has 228 valence electrons. The van der Waals surface area contributed by atoms with Gasteiger partial charge >= 0.3 is 0 Å². The van der Waals surface area contributed by atoms with Crippen LogP contribution in [0.2, 0.25) is 0 Å². The van der Waals surface area contributed by atoms with Crippen LogP contribution in [-0.4, -0.2) is 6.61 Å². The van der Waals surface area contributed by atoms with Crippen LogP contribution in [0, 0.1) is 23.4 Å². The van der Waals surface area contributed by atoms with Gasteiger partial charge in [0.25, 0.3) is 0 Å². The van der Waals surface area contributed by atoms with Gasteiger partial charge in [0.1, 0.15) is 5.82 Å². The Labute approximate surface area is 251 Å². The second-order valence-corrected chi connectivity index (χ2v) is 12.2. The van der Waals surface area contributed by atoms with E-state index in [-0.39, 0.29) is 17.5 Å². The minimum absolute atomic E-state index is 0.0610. The third-order valence-corrected chi connectivity index (χ3v) is 8.92. The smallest absolute Gasteiger partial charge is 0.166 e. The molecule has 0 N–H and O–H groups in total. The van der Waals surface area contributed by atoms with E-state index in [0.717, 1.165) is 44.3 Å². The van der Waals surface area contributed by atoms with Crippen LogP contribution < -0.4 is 0 Å². The predicted molar refractivity (Wildman–Crippen MR) is 169 cm³/mol. The maximum atomic E-state index is 15.2. The van der Waals surface area contributed by atoms with Gasteiger partial charge in [0, 0.05) is 11.1 Å². The third kappa shape index (κ3) is 8.96. The highest BCUT2D eigenvalue weighted by molar-refractivity contribution is 5.71.